The molecule has 2 N–H and O–H groups in total. The number of hydrogen-bond acceptors (Lipinski definition) is 3. The van der Waals surface area contributed by atoms with Gasteiger partial charge in [0.1, 0.15) is 0 Å². The number of carboxylic acid groups (broad SMARTS) is 1. The Kier molecular flexibility index (Phi) is 5.34. The molecule has 0 aromatic heterocycles. The molecular formula is C20H23NO4. The Morgan fingerprint density at radius 2 is 1.96 bits per heavy atom. The third-order valence-corrected chi connectivity index (χ3v) is 4.68. The molecule has 132 valence electrons. The smallest absolute Gasteiger partial charge is 0.305 e. The Morgan fingerprint density at radius 1 is 1.16 bits per heavy atom. The molecule has 2 aromatic rings. The zero-order valence-corrected chi connectivity index (χ0v) is 14.2. The Labute approximate surface area is 147 Å². The zero-order valence-electron chi connectivity index (χ0n) is 14.2. The van der Waals surface area contributed by atoms with Gasteiger partial charge in [-0.05, 0) is 35.6 Å². The van der Waals surface area contributed by atoms with E-state index in [1.807, 2.05) is 12.1 Å². The molecule has 0 bridgehead atoms. The summed E-state index contributed by atoms with van der Waals surface area (Å²) in [7, 11) is 0. The van der Waals surface area contributed by atoms with E-state index in [9.17, 15) is 9.59 Å². The molecule has 5 nitrogen and oxygen atoms in total. The van der Waals surface area contributed by atoms with Gasteiger partial charge in [-0.25, -0.2) is 0 Å². The topological polar surface area (TPSA) is 75.6 Å². The number of aryl methyl sites for hydroxylation is 1. The molecule has 1 aliphatic heterocycles. The van der Waals surface area contributed by atoms with Gasteiger partial charge in [-0.15, -0.1) is 0 Å². The van der Waals surface area contributed by atoms with Gasteiger partial charge in [0.15, 0.2) is 0 Å². The Hall–Kier alpha value is -2.40. The highest BCUT2D eigenvalue weighted by atomic mass is 16.5. The number of benzene rings is 2. The number of nitrogens with one attached hydrogen (secondary N) is 1. The SMILES string of the molecule is O=C(O)CC1(NC(=O)CCCc2ccc3ccccc3c2)CCOC1. The number of fused-ring (bicyclic) bond motifs is 1. The molecule has 25 heavy (non-hydrogen) atoms. The number of ether oxygens (including phenoxy) is 1. The lowest BCUT2D eigenvalue weighted by Crippen LogP contribution is -2.50. The van der Waals surface area contributed by atoms with E-state index >= 15 is 0 Å². The largest absolute Gasteiger partial charge is 0.481 e. The van der Waals surface area contributed by atoms with Crippen LogP contribution in [0.3, 0.4) is 0 Å². The van der Waals surface area contributed by atoms with Gasteiger partial charge in [0, 0.05) is 13.0 Å². The summed E-state index contributed by atoms with van der Waals surface area (Å²) in [6.07, 6.45) is 2.39. The monoisotopic (exact) mass is 341 g/mol. The molecular weight excluding hydrogens is 318 g/mol. The maximum absolute atomic E-state index is 12.2. The first-order valence-corrected chi connectivity index (χ1v) is 8.65. The fraction of sp³-hybridized carbons (Fsp3) is 0.400. The molecule has 3 rings (SSSR count). The van der Waals surface area contributed by atoms with Crippen molar-refractivity contribution in [2.24, 2.45) is 0 Å². The van der Waals surface area contributed by atoms with E-state index in [1.54, 1.807) is 0 Å². The minimum atomic E-state index is -0.915. The van der Waals surface area contributed by atoms with Gasteiger partial charge in [-0.2, -0.15) is 0 Å². The van der Waals surface area contributed by atoms with Gasteiger partial charge >= 0.3 is 5.97 Å². The van der Waals surface area contributed by atoms with Gasteiger partial charge in [0.2, 0.25) is 5.91 Å². The first-order valence-electron chi connectivity index (χ1n) is 8.65. The minimum Gasteiger partial charge on any atom is -0.481 e. The highest BCUT2D eigenvalue weighted by Crippen LogP contribution is 2.23. The van der Waals surface area contributed by atoms with Crippen LogP contribution < -0.4 is 5.32 Å². The lowest BCUT2D eigenvalue weighted by atomic mass is 9.94. The number of rotatable bonds is 7. The predicted octanol–water partition coefficient (Wildman–Crippen LogP) is 2.91. The number of carbonyl (C=O) groups is 2. The third-order valence-electron chi connectivity index (χ3n) is 4.68. The fourth-order valence-corrected chi connectivity index (χ4v) is 3.38. The number of amides is 1. The normalized spacial score (nSPS) is 19.8. The predicted molar refractivity (Wildman–Crippen MR) is 95.4 cm³/mol. The van der Waals surface area contributed by atoms with Crippen LogP contribution in [0.15, 0.2) is 42.5 Å². The number of carbonyl (C=O) groups excluding carboxylic acids is 1. The number of aliphatic carboxylic acids is 1. The van der Waals surface area contributed by atoms with Gasteiger partial charge in [-0.3, -0.25) is 9.59 Å². The minimum absolute atomic E-state index is 0.0938. The van der Waals surface area contributed by atoms with E-state index in [-0.39, 0.29) is 18.9 Å². The third kappa shape index (κ3) is 4.57. The van der Waals surface area contributed by atoms with Gasteiger partial charge in [0.25, 0.3) is 0 Å². The highest BCUT2D eigenvalue weighted by Gasteiger charge is 2.38. The number of carboxylic acids is 1. The lowest BCUT2D eigenvalue weighted by molar-refractivity contribution is -0.139. The molecule has 1 saturated heterocycles. The van der Waals surface area contributed by atoms with Crippen molar-refractivity contribution >= 4 is 22.6 Å². The van der Waals surface area contributed by atoms with Crippen molar-refractivity contribution < 1.29 is 19.4 Å². The van der Waals surface area contributed by atoms with Crippen molar-refractivity contribution in [3.05, 3.63) is 48.0 Å². The van der Waals surface area contributed by atoms with Crippen molar-refractivity contribution in [3.8, 4) is 0 Å². The maximum Gasteiger partial charge on any atom is 0.305 e. The highest BCUT2D eigenvalue weighted by molar-refractivity contribution is 5.83. The van der Waals surface area contributed by atoms with Crippen molar-refractivity contribution in [3.63, 3.8) is 0 Å². The van der Waals surface area contributed by atoms with E-state index in [2.05, 4.69) is 35.6 Å². The molecule has 1 unspecified atom stereocenters. The summed E-state index contributed by atoms with van der Waals surface area (Å²) < 4.78 is 5.30. The summed E-state index contributed by atoms with van der Waals surface area (Å²) in [6, 6.07) is 14.6. The maximum atomic E-state index is 12.2. The van der Waals surface area contributed by atoms with Crippen LogP contribution in [-0.4, -0.2) is 35.7 Å². The van der Waals surface area contributed by atoms with Crippen LogP contribution in [0.4, 0.5) is 0 Å². The summed E-state index contributed by atoms with van der Waals surface area (Å²) in [5, 5.41) is 14.4. The molecule has 1 atom stereocenters. The summed E-state index contributed by atoms with van der Waals surface area (Å²) >= 11 is 0. The average molecular weight is 341 g/mol. The summed E-state index contributed by atoms with van der Waals surface area (Å²) in [5.41, 5.74) is 0.460. The molecule has 0 radical (unpaired) electrons. The molecule has 2 aromatic carbocycles. The van der Waals surface area contributed by atoms with Gasteiger partial charge in [0.05, 0.1) is 18.6 Å². The van der Waals surface area contributed by atoms with Crippen LogP contribution in [0.5, 0.6) is 0 Å². The average Bonchev–Trinajstić information content (AvgIpc) is 3.01. The van der Waals surface area contributed by atoms with Crippen molar-refractivity contribution in [2.75, 3.05) is 13.2 Å². The summed E-state index contributed by atoms with van der Waals surface area (Å²) in [5.74, 6) is -1.02. The lowest BCUT2D eigenvalue weighted by Gasteiger charge is -2.27. The van der Waals surface area contributed by atoms with Crippen molar-refractivity contribution in [1.82, 2.24) is 5.32 Å². The molecule has 0 aliphatic carbocycles. The van der Waals surface area contributed by atoms with Crippen molar-refractivity contribution in [1.29, 1.82) is 0 Å². The quantitative estimate of drug-likeness (QED) is 0.812. The Balaban J connectivity index is 1.52. The van der Waals surface area contributed by atoms with Crippen LogP contribution in [0.25, 0.3) is 10.8 Å². The van der Waals surface area contributed by atoms with E-state index in [0.717, 1.165) is 12.8 Å². The van der Waals surface area contributed by atoms with E-state index in [4.69, 9.17) is 9.84 Å². The first kappa shape index (κ1) is 17.4. The summed E-state index contributed by atoms with van der Waals surface area (Å²) in [4.78, 5) is 23.3. The molecule has 0 spiro atoms. The molecule has 1 aliphatic rings. The number of hydrogen-bond donors (Lipinski definition) is 2. The van der Waals surface area contributed by atoms with Gasteiger partial charge in [-0.1, -0.05) is 42.5 Å². The molecule has 1 fully saturated rings. The van der Waals surface area contributed by atoms with Crippen LogP contribution in [0, 0.1) is 0 Å². The second-order valence-electron chi connectivity index (χ2n) is 6.74. The summed E-state index contributed by atoms with van der Waals surface area (Å²) in [6.45, 7) is 0.764. The van der Waals surface area contributed by atoms with Crippen LogP contribution in [-0.2, 0) is 20.7 Å². The van der Waals surface area contributed by atoms with Crippen LogP contribution >= 0.6 is 0 Å². The van der Waals surface area contributed by atoms with E-state index in [1.165, 1.54) is 16.3 Å². The van der Waals surface area contributed by atoms with E-state index in [0.29, 0.717) is 19.4 Å². The Bertz CT molecular complexity index is 765. The van der Waals surface area contributed by atoms with Crippen LogP contribution in [0.2, 0.25) is 0 Å². The second kappa shape index (κ2) is 7.66. The molecule has 1 amide bonds. The first-order chi connectivity index (χ1) is 12.1. The zero-order chi connectivity index (χ0) is 17.7. The molecule has 1 heterocycles. The molecule has 0 saturated carbocycles. The second-order valence-corrected chi connectivity index (χ2v) is 6.74. The van der Waals surface area contributed by atoms with Crippen LogP contribution in [0.1, 0.15) is 31.2 Å². The van der Waals surface area contributed by atoms with Gasteiger partial charge < -0.3 is 15.2 Å². The Morgan fingerprint density at radius 3 is 2.68 bits per heavy atom. The van der Waals surface area contributed by atoms with E-state index < -0.39 is 11.5 Å². The van der Waals surface area contributed by atoms with Crippen molar-refractivity contribution in [2.45, 2.75) is 37.6 Å². The standard InChI is InChI=1S/C20H23NO4/c22-18(21-20(13-19(23)24)10-11-25-14-20)7-3-4-15-8-9-16-5-1-2-6-17(16)12-15/h1-2,5-6,8-9,12H,3-4,7,10-11,13-14H2,(H,21,22)(H,23,24). The molecule has 5 heteroatoms. The fourth-order valence-electron chi connectivity index (χ4n) is 3.38.